The summed E-state index contributed by atoms with van der Waals surface area (Å²) in [5.41, 5.74) is 1.34. The minimum absolute atomic E-state index is 0.279. The number of hydrogen-bond acceptors (Lipinski definition) is 6. The molecule has 138 valence electrons. The maximum absolute atomic E-state index is 12.2. The summed E-state index contributed by atoms with van der Waals surface area (Å²) in [4.78, 5) is 18.4. The Balaban J connectivity index is 1.63. The zero-order valence-electron chi connectivity index (χ0n) is 14.9. The SMILES string of the molecule is COc1ccc(CN2C[C@@H](O)[C@H](NC(=O)c3ccccn3)C2)c(OC)c1. The van der Waals surface area contributed by atoms with Crippen molar-refractivity contribution >= 4 is 5.91 Å². The number of ether oxygens (including phenoxy) is 2. The Hall–Kier alpha value is -2.64. The fraction of sp³-hybridized carbons (Fsp3) is 0.368. The highest BCUT2D eigenvalue weighted by atomic mass is 16.5. The molecule has 1 aromatic carbocycles. The van der Waals surface area contributed by atoms with Gasteiger partial charge in [-0.1, -0.05) is 12.1 Å². The fourth-order valence-electron chi connectivity index (χ4n) is 3.10. The Morgan fingerprint density at radius 3 is 2.81 bits per heavy atom. The van der Waals surface area contributed by atoms with Crippen molar-refractivity contribution < 1.29 is 19.4 Å². The van der Waals surface area contributed by atoms with Crippen molar-refractivity contribution in [1.29, 1.82) is 0 Å². The monoisotopic (exact) mass is 357 g/mol. The van der Waals surface area contributed by atoms with Gasteiger partial charge in [0.25, 0.3) is 5.91 Å². The van der Waals surface area contributed by atoms with E-state index in [1.807, 2.05) is 18.2 Å². The smallest absolute Gasteiger partial charge is 0.270 e. The summed E-state index contributed by atoms with van der Waals surface area (Å²) in [6.07, 6.45) is 0.939. The van der Waals surface area contributed by atoms with E-state index in [2.05, 4.69) is 15.2 Å². The molecule has 1 amide bonds. The van der Waals surface area contributed by atoms with Crippen LogP contribution in [0.1, 0.15) is 16.1 Å². The number of aromatic nitrogens is 1. The number of likely N-dealkylation sites (tertiary alicyclic amines) is 1. The van der Waals surface area contributed by atoms with Crippen LogP contribution in [0.3, 0.4) is 0 Å². The quantitative estimate of drug-likeness (QED) is 0.805. The van der Waals surface area contributed by atoms with Gasteiger partial charge in [0.15, 0.2) is 0 Å². The molecule has 2 aromatic rings. The summed E-state index contributed by atoms with van der Waals surface area (Å²) < 4.78 is 10.6. The highest BCUT2D eigenvalue weighted by molar-refractivity contribution is 5.92. The molecule has 1 aliphatic rings. The van der Waals surface area contributed by atoms with Crippen LogP contribution in [0.2, 0.25) is 0 Å². The Morgan fingerprint density at radius 1 is 1.27 bits per heavy atom. The largest absolute Gasteiger partial charge is 0.497 e. The summed E-state index contributed by atoms with van der Waals surface area (Å²) in [5.74, 6) is 1.19. The van der Waals surface area contributed by atoms with E-state index in [0.717, 1.165) is 17.1 Å². The molecular weight excluding hydrogens is 334 g/mol. The van der Waals surface area contributed by atoms with Gasteiger partial charge in [0.2, 0.25) is 0 Å². The van der Waals surface area contributed by atoms with E-state index >= 15 is 0 Å². The number of hydrogen-bond donors (Lipinski definition) is 2. The van der Waals surface area contributed by atoms with Crippen molar-refractivity contribution in [2.45, 2.75) is 18.7 Å². The first-order valence-corrected chi connectivity index (χ1v) is 8.44. The van der Waals surface area contributed by atoms with Gasteiger partial charge >= 0.3 is 0 Å². The van der Waals surface area contributed by atoms with Crippen LogP contribution in [0.25, 0.3) is 0 Å². The van der Waals surface area contributed by atoms with Crippen LogP contribution in [0.15, 0.2) is 42.6 Å². The molecule has 3 rings (SSSR count). The van der Waals surface area contributed by atoms with Gasteiger partial charge in [0, 0.05) is 37.5 Å². The molecule has 1 fully saturated rings. The summed E-state index contributed by atoms with van der Waals surface area (Å²) >= 11 is 0. The summed E-state index contributed by atoms with van der Waals surface area (Å²) in [6.45, 7) is 1.64. The molecule has 1 aliphatic heterocycles. The molecule has 7 nitrogen and oxygen atoms in total. The second-order valence-electron chi connectivity index (χ2n) is 6.23. The molecule has 1 aromatic heterocycles. The van der Waals surface area contributed by atoms with Crippen molar-refractivity contribution in [3.8, 4) is 11.5 Å². The van der Waals surface area contributed by atoms with E-state index in [1.165, 1.54) is 0 Å². The van der Waals surface area contributed by atoms with Crippen molar-refractivity contribution in [2.75, 3.05) is 27.3 Å². The van der Waals surface area contributed by atoms with E-state index in [0.29, 0.717) is 25.3 Å². The Labute approximate surface area is 152 Å². The second-order valence-corrected chi connectivity index (χ2v) is 6.23. The first-order valence-electron chi connectivity index (χ1n) is 8.44. The third kappa shape index (κ3) is 4.12. The number of aliphatic hydroxyl groups excluding tert-OH is 1. The van der Waals surface area contributed by atoms with Crippen LogP contribution in [0.5, 0.6) is 11.5 Å². The topological polar surface area (TPSA) is 83.9 Å². The van der Waals surface area contributed by atoms with Gasteiger partial charge in [0.05, 0.1) is 26.4 Å². The molecule has 2 heterocycles. The lowest BCUT2D eigenvalue weighted by atomic mass is 10.2. The van der Waals surface area contributed by atoms with Gasteiger partial charge in [-0.2, -0.15) is 0 Å². The molecular formula is C19H23N3O4. The third-order valence-corrected chi connectivity index (χ3v) is 4.47. The van der Waals surface area contributed by atoms with Gasteiger partial charge in [-0.05, 0) is 18.2 Å². The normalized spacial score (nSPS) is 20.0. The Bertz CT molecular complexity index is 754. The van der Waals surface area contributed by atoms with Gasteiger partial charge in [-0.3, -0.25) is 14.7 Å². The predicted octanol–water partition coefficient (Wildman–Crippen LogP) is 1.07. The van der Waals surface area contributed by atoms with Crippen LogP contribution in [-0.4, -0.2) is 60.4 Å². The second kappa shape index (κ2) is 8.16. The number of methoxy groups -OCH3 is 2. The van der Waals surface area contributed by atoms with Crippen LogP contribution in [-0.2, 0) is 6.54 Å². The lowest BCUT2D eigenvalue weighted by molar-refractivity contribution is 0.0883. The lowest BCUT2D eigenvalue weighted by Crippen LogP contribution is -2.43. The van der Waals surface area contributed by atoms with E-state index in [-0.39, 0.29) is 11.9 Å². The highest BCUT2D eigenvalue weighted by Gasteiger charge is 2.33. The number of nitrogens with one attached hydrogen (secondary N) is 1. The van der Waals surface area contributed by atoms with Gasteiger partial charge < -0.3 is 19.9 Å². The number of pyridine rings is 1. The molecule has 0 aliphatic carbocycles. The number of amides is 1. The molecule has 7 heteroatoms. The molecule has 0 saturated carbocycles. The van der Waals surface area contributed by atoms with Crippen LogP contribution < -0.4 is 14.8 Å². The summed E-state index contributed by atoms with van der Waals surface area (Å²) in [7, 11) is 3.23. The molecule has 2 N–H and O–H groups in total. The van der Waals surface area contributed by atoms with Gasteiger partial charge in [0.1, 0.15) is 17.2 Å². The molecule has 2 atom stereocenters. The number of aliphatic hydroxyl groups is 1. The third-order valence-electron chi connectivity index (χ3n) is 4.47. The number of rotatable bonds is 6. The zero-order chi connectivity index (χ0) is 18.5. The predicted molar refractivity (Wildman–Crippen MR) is 96.3 cm³/mol. The van der Waals surface area contributed by atoms with Crippen LogP contribution in [0.4, 0.5) is 0 Å². The first-order chi connectivity index (χ1) is 12.6. The molecule has 26 heavy (non-hydrogen) atoms. The highest BCUT2D eigenvalue weighted by Crippen LogP contribution is 2.27. The molecule has 0 spiro atoms. The van der Waals surface area contributed by atoms with E-state index in [9.17, 15) is 9.90 Å². The molecule has 0 bridgehead atoms. The number of carbonyl (C=O) groups is 1. The number of benzene rings is 1. The van der Waals surface area contributed by atoms with Gasteiger partial charge in [-0.25, -0.2) is 0 Å². The first kappa shape index (κ1) is 18.2. The van der Waals surface area contributed by atoms with Crippen molar-refractivity contribution in [2.24, 2.45) is 0 Å². The van der Waals surface area contributed by atoms with Crippen LogP contribution >= 0.6 is 0 Å². The number of carbonyl (C=O) groups excluding carboxylic acids is 1. The average molecular weight is 357 g/mol. The van der Waals surface area contributed by atoms with E-state index in [1.54, 1.807) is 38.6 Å². The Morgan fingerprint density at radius 2 is 2.12 bits per heavy atom. The maximum Gasteiger partial charge on any atom is 0.270 e. The standard InChI is InChI=1S/C19H23N3O4/c1-25-14-7-6-13(18(9-14)26-2)10-22-11-16(17(23)12-22)21-19(24)15-5-3-4-8-20-15/h3-9,16-17,23H,10-12H2,1-2H3,(H,21,24)/t16-,17-/m1/s1. The summed E-state index contributed by atoms with van der Waals surface area (Å²) in [5, 5.41) is 13.2. The van der Waals surface area contributed by atoms with Gasteiger partial charge in [-0.15, -0.1) is 0 Å². The summed E-state index contributed by atoms with van der Waals surface area (Å²) in [6, 6.07) is 10.5. The van der Waals surface area contributed by atoms with Crippen molar-refractivity contribution in [1.82, 2.24) is 15.2 Å². The maximum atomic E-state index is 12.2. The minimum Gasteiger partial charge on any atom is -0.497 e. The minimum atomic E-state index is -0.632. The molecule has 0 unspecified atom stereocenters. The average Bonchev–Trinajstić information content (AvgIpc) is 3.01. The molecule has 1 saturated heterocycles. The lowest BCUT2D eigenvalue weighted by Gasteiger charge is -2.18. The van der Waals surface area contributed by atoms with Crippen molar-refractivity contribution in [3.05, 3.63) is 53.9 Å². The van der Waals surface area contributed by atoms with E-state index < -0.39 is 6.10 Å². The molecule has 0 radical (unpaired) electrons. The van der Waals surface area contributed by atoms with E-state index in [4.69, 9.17) is 9.47 Å². The Kier molecular flexibility index (Phi) is 5.70. The number of β-amino-alcohol motifs (C(OH)–C–C–N with tert-alkyl or cyclic N) is 1. The fourth-order valence-corrected chi connectivity index (χ4v) is 3.10. The zero-order valence-corrected chi connectivity index (χ0v) is 14.9. The van der Waals surface area contributed by atoms with Crippen molar-refractivity contribution in [3.63, 3.8) is 0 Å². The van der Waals surface area contributed by atoms with Crippen LogP contribution in [0, 0.1) is 0 Å². The number of nitrogens with zero attached hydrogens (tertiary/aromatic N) is 2.